The van der Waals surface area contributed by atoms with E-state index >= 15 is 0 Å². The van der Waals surface area contributed by atoms with E-state index in [-0.39, 0.29) is 11.9 Å². The first-order chi connectivity index (χ1) is 9.62. The maximum atomic E-state index is 12.4. The predicted molar refractivity (Wildman–Crippen MR) is 74.9 cm³/mol. The molecular weight excluding hydrogens is 254 g/mol. The van der Waals surface area contributed by atoms with Gasteiger partial charge in [0.25, 0.3) is 0 Å². The quantitative estimate of drug-likeness (QED) is 0.865. The van der Waals surface area contributed by atoms with E-state index in [1.54, 1.807) is 0 Å². The normalized spacial score (nSPS) is 24.4. The van der Waals surface area contributed by atoms with Crippen molar-refractivity contribution >= 4 is 5.91 Å². The molecule has 1 atom stereocenters. The highest BCUT2D eigenvalue weighted by Crippen LogP contribution is 2.29. The number of rotatable bonds is 3. The molecule has 1 aliphatic heterocycles. The lowest BCUT2D eigenvalue weighted by Gasteiger charge is -2.28. The summed E-state index contributed by atoms with van der Waals surface area (Å²) in [6.45, 7) is 2.94. The molecule has 1 amide bonds. The maximum Gasteiger partial charge on any atom is 0.240 e. The van der Waals surface area contributed by atoms with Gasteiger partial charge in [0, 0.05) is 13.0 Å². The Balaban J connectivity index is 1.75. The second-order valence-corrected chi connectivity index (χ2v) is 5.99. The second kappa shape index (κ2) is 5.16. The molecule has 0 radical (unpaired) electrons. The molecule has 1 fully saturated rings. The number of hydrogen-bond acceptors (Lipinski definition) is 4. The molecule has 0 saturated heterocycles. The molecule has 3 rings (SSSR count). The zero-order valence-corrected chi connectivity index (χ0v) is 12.1. The molecule has 1 unspecified atom stereocenters. The first-order valence-electron chi connectivity index (χ1n) is 7.66. The van der Waals surface area contributed by atoms with Crippen molar-refractivity contribution in [3.8, 4) is 0 Å². The molecule has 6 heteroatoms. The topological polar surface area (TPSA) is 85.8 Å². The van der Waals surface area contributed by atoms with Gasteiger partial charge in [-0.3, -0.25) is 4.79 Å². The van der Waals surface area contributed by atoms with Crippen LogP contribution in [0.25, 0.3) is 0 Å². The van der Waals surface area contributed by atoms with E-state index in [1.807, 2.05) is 11.6 Å². The fourth-order valence-corrected chi connectivity index (χ4v) is 3.22. The van der Waals surface area contributed by atoms with Crippen molar-refractivity contribution in [1.29, 1.82) is 0 Å². The summed E-state index contributed by atoms with van der Waals surface area (Å²) in [6, 6.07) is -0.0370. The lowest BCUT2D eigenvalue weighted by molar-refractivity contribution is -0.127. The molecule has 0 bridgehead atoms. The summed E-state index contributed by atoms with van der Waals surface area (Å²) in [7, 11) is 0. The number of nitrogens with one attached hydrogen (secondary N) is 1. The van der Waals surface area contributed by atoms with Crippen LogP contribution < -0.4 is 11.1 Å². The van der Waals surface area contributed by atoms with Gasteiger partial charge < -0.3 is 11.1 Å². The molecule has 1 aromatic rings. The van der Waals surface area contributed by atoms with E-state index in [1.165, 1.54) is 0 Å². The smallest absolute Gasteiger partial charge is 0.240 e. The number of aromatic nitrogens is 3. The van der Waals surface area contributed by atoms with Crippen LogP contribution in [0.2, 0.25) is 0 Å². The van der Waals surface area contributed by atoms with Crippen LogP contribution in [0.3, 0.4) is 0 Å². The van der Waals surface area contributed by atoms with E-state index in [9.17, 15) is 4.79 Å². The first-order valence-corrected chi connectivity index (χ1v) is 7.66. The highest BCUT2D eigenvalue weighted by molar-refractivity contribution is 5.86. The monoisotopic (exact) mass is 277 g/mol. The Morgan fingerprint density at radius 2 is 2.20 bits per heavy atom. The molecule has 3 N–H and O–H groups in total. The van der Waals surface area contributed by atoms with Crippen molar-refractivity contribution in [3.05, 3.63) is 11.6 Å². The van der Waals surface area contributed by atoms with Crippen LogP contribution in [-0.2, 0) is 17.8 Å². The number of amides is 1. The number of aryl methyl sites for hydroxylation is 2. The fraction of sp³-hybridized carbons (Fsp3) is 0.786. The minimum Gasteiger partial charge on any atom is -0.344 e. The fourth-order valence-electron chi connectivity index (χ4n) is 3.22. The molecular formula is C14H23N5O. The van der Waals surface area contributed by atoms with Gasteiger partial charge in [0.15, 0.2) is 5.82 Å². The Morgan fingerprint density at radius 1 is 1.45 bits per heavy atom. The van der Waals surface area contributed by atoms with E-state index in [0.717, 1.165) is 63.1 Å². The van der Waals surface area contributed by atoms with Gasteiger partial charge in [0.2, 0.25) is 5.91 Å². The lowest BCUT2D eigenvalue weighted by atomic mass is 9.96. The van der Waals surface area contributed by atoms with Crippen LogP contribution >= 0.6 is 0 Å². The predicted octanol–water partition coefficient (Wildman–Crippen LogP) is 1.06. The van der Waals surface area contributed by atoms with Gasteiger partial charge in [-0.25, -0.2) is 9.67 Å². The Labute approximate surface area is 119 Å². The summed E-state index contributed by atoms with van der Waals surface area (Å²) >= 11 is 0. The maximum absolute atomic E-state index is 12.4. The molecule has 1 saturated carbocycles. The first kappa shape index (κ1) is 13.5. The van der Waals surface area contributed by atoms with Crippen molar-refractivity contribution < 1.29 is 4.79 Å². The molecule has 20 heavy (non-hydrogen) atoms. The highest BCUT2D eigenvalue weighted by atomic mass is 16.2. The average molecular weight is 277 g/mol. The Morgan fingerprint density at radius 3 is 2.90 bits per heavy atom. The van der Waals surface area contributed by atoms with Crippen LogP contribution in [-0.4, -0.2) is 26.2 Å². The number of fused-ring (bicyclic) bond motifs is 1. The Bertz CT molecular complexity index is 504. The lowest BCUT2D eigenvalue weighted by Crippen LogP contribution is -2.53. The van der Waals surface area contributed by atoms with E-state index in [4.69, 9.17) is 5.73 Å². The number of nitrogens with zero attached hydrogens (tertiary/aromatic N) is 3. The van der Waals surface area contributed by atoms with Gasteiger partial charge in [-0.2, -0.15) is 5.10 Å². The van der Waals surface area contributed by atoms with Crippen LogP contribution in [0, 0.1) is 0 Å². The van der Waals surface area contributed by atoms with Crippen LogP contribution in [0.1, 0.15) is 63.1 Å². The zero-order chi connectivity index (χ0) is 14.2. The van der Waals surface area contributed by atoms with Gasteiger partial charge in [0.1, 0.15) is 5.82 Å². The second-order valence-electron chi connectivity index (χ2n) is 5.99. The van der Waals surface area contributed by atoms with Crippen molar-refractivity contribution in [1.82, 2.24) is 20.1 Å². The highest BCUT2D eigenvalue weighted by Gasteiger charge is 2.39. The Kier molecular flexibility index (Phi) is 3.50. The number of hydrogen-bond donors (Lipinski definition) is 2. The largest absolute Gasteiger partial charge is 0.344 e. The van der Waals surface area contributed by atoms with Gasteiger partial charge in [-0.15, -0.1) is 0 Å². The summed E-state index contributed by atoms with van der Waals surface area (Å²) in [4.78, 5) is 17.0. The Hall–Kier alpha value is -1.43. The van der Waals surface area contributed by atoms with Crippen LogP contribution in [0.4, 0.5) is 0 Å². The summed E-state index contributed by atoms with van der Waals surface area (Å²) in [6.07, 6.45) is 6.43. The molecule has 6 nitrogen and oxygen atoms in total. The zero-order valence-electron chi connectivity index (χ0n) is 12.1. The third kappa shape index (κ3) is 2.32. The van der Waals surface area contributed by atoms with E-state index < -0.39 is 5.54 Å². The van der Waals surface area contributed by atoms with E-state index in [2.05, 4.69) is 15.4 Å². The van der Waals surface area contributed by atoms with Crippen molar-refractivity contribution in [2.75, 3.05) is 0 Å². The molecule has 2 aliphatic rings. The molecule has 2 heterocycles. The van der Waals surface area contributed by atoms with Gasteiger partial charge in [0.05, 0.1) is 11.6 Å². The molecule has 1 aromatic heterocycles. The summed E-state index contributed by atoms with van der Waals surface area (Å²) in [5.74, 6) is 1.72. The molecule has 0 spiro atoms. The van der Waals surface area contributed by atoms with Gasteiger partial charge in [-0.05, 0) is 25.7 Å². The van der Waals surface area contributed by atoms with Crippen LogP contribution in [0.5, 0.6) is 0 Å². The number of nitrogens with two attached hydrogens (primary N) is 1. The van der Waals surface area contributed by atoms with E-state index in [0.29, 0.717) is 0 Å². The van der Waals surface area contributed by atoms with Crippen molar-refractivity contribution in [2.45, 2.75) is 70.0 Å². The third-order valence-electron chi connectivity index (χ3n) is 4.49. The molecule has 0 aromatic carbocycles. The summed E-state index contributed by atoms with van der Waals surface area (Å²) in [5.41, 5.74) is 5.55. The molecule has 110 valence electrons. The van der Waals surface area contributed by atoms with Gasteiger partial charge in [-0.1, -0.05) is 19.8 Å². The summed E-state index contributed by atoms with van der Waals surface area (Å²) in [5, 5.41) is 7.57. The third-order valence-corrected chi connectivity index (χ3v) is 4.49. The van der Waals surface area contributed by atoms with Crippen molar-refractivity contribution in [3.63, 3.8) is 0 Å². The van der Waals surface area contributed by atoms with Gasteiger partial charge >= 0.3 is 0 Å². The average Bonchev–Trinajstić information content (AvgIpc) is 3.06. The standard InChI is InChI=1S/C14H23N5O/c1-2-11-17-12-10(6-5-9-19(12)18-11)16-13(20)14(15)7-3-4-8-14/h10H,2-9,15H2,1H3,(H,16,20). The SMILES string of the molecule is CCc1nc2n(n1)CCCC2NC(=O)C1(N)CCCC1. The minimum absolute atomic E-state index is 0.0190. The summed E-state index contributed by atoms with van der Waals surface area (Å²) < 4.78 is 1.94. The van der Waals surface area contributed by atoms with Crippen LogP contribution in [0.15, 0.2) is 0 Å². The number of carbonyl (C=O) groups excluding carboxylic acids is 1. The van der Waals surface area contributed by atoms with Crippen molar-refractivity contribution in [2.24, 2.45) is 5.73 Å². The number of carbonyl (C=O) groups is 1. The minimum atomic E-state index is -0.671. The molecule has 1 aliphatic carbocycles.